The van der Waals surface area contributed by atoms with Crippen molar-refractivity contribution >= 4 is 16.7 Å². The lowest BCUT2D eigenvalue weighted by atomic mass is 10.1. The molecule has 0 aliphatic carbocycles. The van der Waals surface area contributed by atoms with Gasteiger partial charge in [0.2, 0.25) is 0 Å². The molecule has 1 aliphatic heterocycles. The smallest absolute Gasteiger partial charge is 0.416 e. The van der Waals surface area contributed by atoms with Crippen LogP contribution in [-0.4, -0.2) is 49.5 Å². The lowest BCUT2D eigenvalue weighted by Gasteiger charge is -2.34. The van der Waals surface area contributed by atoms with Gasteiger partial charge >= 0.3 is 6.18 Å². The van der Waals surface area contributed by atoms with Crippen molar-refractivity contribution in [2.75, 3.05) is 24.7 Å². The Bertz CT molecular complexity index is 836. The predicted molar refractivity (Wildman–Crippen MR) is 92.5 cm³/mol. The number of amides is 1. The molecule has 10 heteroatoms. The van der Waals surface area contributed by atoms with Crippen molar-refractivity contribution in [3.8, 4) is 5.75 Å². The van der Waals surface area contributed by atoms with E-state index in [1.807, 2.05) is 0 Å². The second-order valence-electron chi connectivity index (χ2n) is 6.17. The average Bonchev–Trinajstić information content (AvgIpc) is 3.05. The van der Waals surface area contributed by atoms with E-state index < -0.39 is 22.5 Å². The summed E-state index contributed by atoms with van der Waals surface area (Å²) in [5.41, 5.74) is 0.00441. The summed E-state index contributed by atoms with van der Waals surface area (Å²) in [6.45, 7) is 0.0101. The Balaban J connectivity index is 1.66. The van der Waals surface area contributed by atoms with Crippen LogP contribution in [0.3, 0.4) is 0 Å². The van der Waals surface area contributed by atoms with Gasteiger partial charge in [0.1, 0.15) is 5.75 Å². The summed E-state index contributed by atoms with van der Waals surface area (Å²) in [4.78, 5) is 14.2. The SMILES string of the molecule is Cn1cc([C@@H]2C[S@](=O)CCN2C(=O)COc2ccc(C(F)(F)F)cc2)cn1. The largest absolute Gasteiger partial charge is 0.484 e. The quantitative estimate of drug-likeness (QED) is 0.788. The first kappa shape index (κ1) is 19.4. The maximum atomic E-state index is 12.6. The molecule has 2 atom stereocenters. The van der Waals surface area contributed by atoms with Crippen molar-refractivity contribution < 1.29 is 26.9 Å². The Hall–Kier alpha value is -2.36. The summed E-state index contributed by atoms with van der Waals surface area (Å²) in [5.74, 6) is 0.552. The maximum absolute atomic E-state index is 12.6. The molecule has 1 aliphatic rings. The molecule has 0 radical (unpaired) electrons. The fourth-order valence-electron chi connectivity index (χ4n) is 2.86. The van der Waals surface area contributed by atoms with Crippen LogP contribution in [0.2, 0.25) is 0 Å². The highest BCUT2D eigenvalue weighted by molar-refractivity contribution is 7.85. The van der Waals surface area contributed by atoms with Crippen LogP contribution >= 0.6 is 0 Å². The van der Waals surface area contributed by atoms with Crippen LogP contribution in [0.5, 0.6) is 5.75 Å². The molecule has 1 fully saturated rings. The molecule has 6 nitrogen and oxygen atoms in total. The van der Waals surface area contributed by atoms with Crippen LogP contribution < -0.4 is 4.74 Å². The van der Waals surface area contributed by atoms with Gasteiger partial charge in [0.15, 0.2) is 6.61 Å². The van der Waals surface area contributed by atoms with E-state index in [0.29, 0.717) is 18.1 Å². The monoisotopic (exact) mass is 401 g/mol. The highest BCUT2D eigenvalue weighted by Crippen LogP contribution is 2.30. The lowest BCUT2D eigenvalue weighted by Crippen LogP contribution is -2.46. The van der Waals surface area contributed by atoms with E-state index in [0.717, 1.165) is 17.7 Å². The van der Waals surface area contributed by atoms with Gasteiger partial charge < -0.3 is 9.64 Å². The molecule has 1 saturated heterocycles. The summed E-state index contributed by atoms with van der Waals surface area (Å²) in [5, 5.41) is 4.09. The van der Waals surface area contributed by atoms with Crippen LogP contribution in [-0.2, 0) is 28.8 Å². The fourth-order valence-corrected chi connectivity index (χ4v) is 4.15. The van der Waals surface area contributed by atoms with Gasteiger partial charge in [-0.15, -0.1) is 0 Å². The van der Waals surface area contributed by atoms with Gasteiger partial charge in [-0.3, -0.25) is 13.7 Å². The third kappa shape index (κ3) is 4.68. The minimum atomic E-state index is -4.42. The molecule has 0 unspecified atom stereocenters. The first-order chi connectivity index (χ1) is 12.7. The summed E-state index contributed by atoms with van der Waals surface area (Å²) in [6, 6.07) is 3.81. The van der Waals surface area contributed by atoms with Gasteiger partial charge in [-0.2, -0.15) is 18.3 Å². The summed E-state index contributed by atoms with van der Waals surface area (Å²) >= 11 is 0. The number of rotatable bonds is 4. The molecule has 27 heavy (non-hydrogen) atoms. The number of aromatic nitrogens is 2. The Morgan fingerprint density at radius 1 is 1.33 bits per heavy atom. The summed E-state index contributed by atoms with van der Waals surface area (Å²) < 4.78 is 56.6. The van der Waals surface area contributed by atoms with Crippen LogP contribution in [0.4, 0.5) is 13.2 Å². The van der Waals surface area contributed by atoms with Gasteiger partial charge in [0.25, 0.3) is 5.91 Å². The lowest BCUT2D eigenvalue weighted by molar-refractivity contribution is -0.138. The molecule has 1 amide bonds. The first-order valence-electron chi connectivity index (χ1n) is 8.17. The molecule has 1 aromatic heterocycles. The second-order valence-corrected chi connectivity index (χ2v) is 7.79. The van der Waals surface area contributed by atoms with Crippen molar-refractivity contribution in [2.24, 2.45) is 7.05 Å². The number of benzene rings is 1. The number of carbonyl (C=O) groups excluding carboxylic acids is 1. The van der Waals surface area contributed by atoms with Gasteiger partial charge in [-0.05, 0) is 24.3 Å². The molecule has 2 aromatic rings. The summed E-state index contributed by atoms with van der Waals surface area (Å²) in [6.07, 6.45) is -1.02. The molecule has 2 heterocycles. The molecule has 0 saturated carbocycles. The summed E-state index contributed by atoms with van der Waals surface area (Å²) in [7, 11) is 0.725. The minimum absolute atomic E-state index is 0.176. The van der Waals surface area contributed by atoms with Crippen LogP contribution in [0.15, 0.2) is 36.7 Å². The second kappa shape index (κ2) is 7.71. The van der Waals surface area contributed by atoms with Gasteiger partial charge in [0.05, 0.1) is 17.8 Å². The minimum Gasteiger partial charge on any atom is -0.484 e. The van der Waals surface area contributed by atoms with Gasteiger partial charge in [0, 0.05) is 47.7 Å². The number of carbonyl (C=O) groups is 1. The third-order valence-electron chi connectivity index (χ3n) is 4.25. The normalized spacial score (nSPS) is 20.5. The first-order valence-corrected chi connectivity index (χ1v) is 9.66. The zero-order chi connectivity index (χ0) is 19.6. The van der Waals surface area contributed by atoms with Crippen molar-refractivity contribution in [1.29, 1.82) is 0 Å². The van der Waals surface area contributed by atoms with E-state index in [1.165, 1.54) is 12.1 Å². The average molecular weight is 401 g/mol. The third-order valence-corrected chi connectivity index (χ3v) is 5.58. The van der Waals surface area contributed by atoms with E-state index >= 15 is 0 Å². The zero-order valence-corrected chi connectivity index (χ0v) is 15.3. The number of aryl methyl sites for hydroxylation is 1. The molecule has 0 N–H and O–H groups in total. The van der Waals surface area contributed by atoms with E-state index in [9.17, 15) is 22.2 Å². The van der Waals surface area contributed by atoms with Crippen molar-refractivity contribution in [3.05, 3.63) is 47.8 Å². The number of hydrogen-bond acceptors (Lipinski definition) is 4. The Kier molecular flexibility index (Phi) is 5.54. The number of hydrogen-bond donors (Lipinski definition) is 0. The molecular formula is C17H18F3N3O3S. The van der Waals surface area contributed by atoms with Gasteiger partial charge in [-0.1, -0.05) is 0 Å². The van der Waals surface area contributed by atoms with Crippen molar-refractivity contribution in [1.82, 2.24) is 14.7 Å². The number of alkyl halides is 3. The van der Waals surface area contributed by atoms with Crippen molar-refractivity contribution in [2.45, 2.75) is 12.2 Å². The zero-order valence-electron chi connectivity index (χ0n) is 14.5. The van der Waals surface area contributed by atoms with Gasteiger partial charge in [-0.25, -0.2) is 0 Å². The number of halogens is 3. The highest BCUT2D eigenvalue weighted by atomic mass is 32.2. The Labute approximate surface area is 156 Å². The standard InChI is InChI=1S/C17H18F3N3O3S/c1-22-9-12(8-21-22)15-11-27(25)7-6-23(15)16(24)10-26-14-4-2-13(3-5-14)17(18,19)20/h2-5,8-9,15H,6-7,10-11H2,1H3/t15-,27+/m0/s1. The predicted octanol–water partition coefficient (Wildman–Crippen LogP) is 2.15. The molecular weight excluding hydrogens is 383 g/mol. The van der Waals surface area contributed by atoms with Crippen molar-refractivity contribution in [3.63, 3.8) is 0 Å². The van der Waals surface area contributed by atoms with E-state index in [1.54, 1.807) is 29.0 Å². The fraction of sp³-hybridized carbons (Fsp3) is 0.412. The number of ether oxygens (including phenoxy) is 1. The molecule has 0 bridgehead atoms. The highest BCUT2D eigenvalue weighted by Gasteiger charge is 2.32. The molecule has 146 valence electrons. The van der Waals surface area contributed by atoms with E-state index in [2.05, 4.69) is 5.10 Å². The van der Waals surface area contributed by atoms with Crippen LogP contribution in [0.1, 0.15) is 17.2 Å². The Morgan fingerprint density at radius 2 is 2.04 bits per heavy atom. The van der Waals surface area contributed by atoms with E-state index in [-0.39, 0.29) is 24.3 Å². The van der Waals surface area contributed by atoms with E-state index in [4.69, 9.17) is 4.74 Å². The van der Waals surface area contributed by atoms with Crippen LogP contribution in [0, 0.1) is 0 Å². The topological polar surface area (TPSA) is 64.4 Å². The molecule has 3 rings (SSSR count). The Morgan fingerprint density at radius 3 is 2.63 bits per heavy atom. The van der Waals surface area contributed by atoms with Crippen LogP contribution in [0.25, 0.3) is 0 Å². The molecule has 1 aromatic carbocycles. The number of nitrogens with zero attached hydrogens (tertiary/aromatic N) is 3. The molecule has 0 spiro atoms. The maximum Gasteiger partial charge on any atom is 0.416 e.